The van der Waals surface area contributed by atoms with Gasteiger partial charge in [-0.05, 0) is 18.2 Å². The topological polar surface area (TPSA) is 89.6 Å². The lowest BCUT2D eigenvalue weighted by Gasteiger charge is -2.30. The lowest BCUT2D eigenvalue weighted by Crippen LogP contribution is -2.47. The summed E-state index contributed by atoms with van der Waals surface area (Å²) in [5, 5.41) is 2.14. The first-order valence-electron chi connectivity index (χ1n) is 7.72. The second kappa shape index (κ2) is 8.74. The maximum absolute atomic E-state index is 14.5. The Kier molecular flexibility index (Phi) is 6.62. The third kappa shape index (κ3) is 4.60. The van der Waals surface area contributed by atoms with E-state index in [1.165, 1.54) is 0 Å². The van der Waals surface area contributed by atoms with Crippen molar-refractivity contribution in [3.63, 3.8) is 0 Å². The smallest absolute Gasteiger partial charge is 0.277 e. The molecule has 1 aliphatic rings. The predicted molar refractivity (Wildman–Crippen MR) is 90.3 cm³/mol. The maximum Gasteiger partial charge on any atom is 0.277 e. The average molecular weight is 402 g/mol. The highest BCUT2D eigenvalue weighted by Gasteiger charge is 2.47. The zero-order valence-electron chi connectivity index (χ0n) is 14.3. The number of carbonyl (C=O) groups is 1. The van der Waals surface area contributed by atoms with Gasteiger partial charge in [0.05, 0.1) is 12.8 Å². The van der Waals surface area contributed by atoms with Crippen LogP contribution in [0.1, 0.15) is 10.5 Å². The molecule has 1 atom stereocenters. The standard InChI is InChI=1S/C17H15F5N4O2/c1-2-10(25-15(27)14-11(19)5-9(18)6-24-14)3-4-12(20)17(16(21)22)8-28-7-13(23)26-17/h2-6,16H,1,7-8H2,(H2,23,26)(H,25,27)/b10-3+,12-4+. The van der Waals surface area contributed by atoms with Crippen molar-refractivity contribution < 1.29 is 31.5 Å². The van der Waals surface area contributed by atoms with E-state index in [-0.39, 0.29) is 18.1 Å². The van der Waals surface area contributed by atoms with Gasteiger partial charge in [0, 0.05) is 11.8 Å². The summed E-state index contributed by atoms with van der Waals surface area (Å²) in [7, 11) is 0. The van der Waals surface area contributed by atoms with Gasteiger partial charge in [-0.2, -0.15) is 0 Å². The minimum Gasteiger partial charge on any atom is -0.385 e. The molecule has 0 bridgehead atoms. The quantitative estimate of drug-likeness (QED) is 0.565. The van der Waals surface area contributed by atoms with E-state index in [0.717, 1.165) is 12.2 Å². The van der Waals surface area contributed by atoms with E-state index in [2.05, 4.69) is 21.9 Å². The van der Waals surface area contributed by atoms with Gasteiger partial charge in [0.2, 0.25) is 0 Å². The first-order chi connectivity index (χ1) is 13.2. The van der Waals surface area contributed by atoms with E-state index in [0.29, 0.717) is 18.3 Å². The minimum atomic E-state index is -3.25. The molecule has 150 valence electrons. The minimum absolute atomic E-state index is 0.163. The van der Waals surface area contributed by atoms with E-state index in [1.807, 2.05) is 0 Å². The Balaban J connectivity index is 2.26. The monoisotopic (exact) mass is 402 g/mol. The summed E-state index contributed by atoms with van der Waals surface area (Å²) in [6.45, 7) is 2.43. The van der Waals surface area contributed by atoms with Crippen LogP contribution in [0.3, 0.4) is 0 Å². The fourth-order valence-electron chi connectivity index (χ4n) is 2.21. The molecule has 6 nitrogen and oxygen atoms in total. The number of amidine groups is 1. The van der Waals surface area contributed by atoms with Crippen LogP contribution in [0.5, 0.6) is 0 Å². The van der Waals surface area contributed by atoms with Crippen LogP contribution >= 0.6 is 0 Å². The lowest BCUT2D eigenvalue weighted by atomic mass is 9.98. The molecule has 0 radical (unpaired) electrons. The largest absolute Gasteiger partial charge is 0.385 e. The van der Waals surface area contributed by atoms with E-state index in [4.69, 9.17) is 10.5 Å². The number of carbonyl (C=O) groups excluding carboxylic acids is 1. The third-order valence-electron chi connectivity index (χ3n) is 3.60. The number of hydrogen-bond donors (Lipinski definition) is 2. The van der Waals surface area contributed by atoms with Gasteiger partial charge in [0.25, 0.3) is 12.3 Å². The van der Waals surface area contributed by atoms with Crippen molar-refractivity contribution in [1.29, 1.82) is 0 Å². The van der Waals surface area contributed by atoms with Gasteiger partial charge in [-0.3, -0.25) is 4.79 Å². The number of ether oxygens (including phenoxy) is 1. The van der Waals surface area contributed by atoms with Crippen LogP contribution in [-0.4, -0.2) is 41.9 Å². The Morgan fingerprint density at radius 3 is 2.68 bits per heavy atom. The molecule has 1 aromatic heterocycles. The first kappa shape index (κ1) is 21.2. The number of aliphatic imine (C=N–C) groups is 1. The molecule has 0 aliphatic carbocycles. The predicted octanol–water partition coefficient (Wildman–Crippen LogP) is 2.40. The zero-order valence-corrected chi connectivity index (χ0v) is 14.3. The SMILES string of the molecule is C=C/C(=C\C=C(\F)C1(C(F)F)COCC(N)=N1)NC(=O)c1ncc(F)cc1F. The molecule has 1 aromatic rings. The fourth-order valence-corrected chi connectivity index (χ4v) is 2.21. The molecular formula is C17H15F5N4O2. The molecule has 0 spiro atoms. The Hall–Kier alpha value is -3.08. The summed E-state index contributed by atoms with van der Waals surface area (Å²) in [6, 6.07) is 0.455. The van der Waals surface area contributed by atoms with Crippen molar-refractivity contribution in [2.45, 2.75) is 12.0 Å². The summed E-state index contributed by atoms with van der Waals surface area (Å²) in [5.74, 6) is -4.95. The summed E-state index contributed by atoms with van der Waals surface area (Å²) >= 11 is 0. The molecule has 0 fully saturated rings. The van der Waals surface area contributed by atoms with Crippen molar-refractivity contribution in [2.24, 2.45) is 10.7 Å². The zero-order chi connectivity index (χ0) is 20.9. The molecule has 11 heteroatoms. The average Bonchev–Trinajstić information content (AvgIpc) is 2.64. The molecule has 2 heterocycles. The number of allylic oxidation sites excluding steroid dienone is 3. The number of halogens is 5. The lowest BCUT2D eigenvalue weighted by molar-refractivity contribution is -0.00155. The second-order valence-electron chi connectivity index (χ2n) is 5.60. The molecule has 28 heavy (non-hydrogen) atoms. The number of alkyl halides is 2. The van der Waals surface area contributed by atoms with Crippen molar-refractivity contribution in [1.82, 2.24) is 10.3 Å². The van der Waals surface area contributed by atoms with Crippen LogP contribution in [0.15, 0.2) is 53.6 Å². The van der Waals surface area contributed by atoms with E-state index in [1.54, 1.807) is 0 Å². The number of aromatic nitrogens is 1. The third-order valence-corrected chi connectivity index (χ3v) is 3.60. The summed E-state index contributed by atoms with van der Waals surface area (Å²) < 4.78 is 72.6. The molecule has 1 unspecified atom stereocenters. The Bertz CT molecular complexity index is 869. The van der Waals surface area contributed by atoms with Gasteiger partial charge in [-0.1, -0.05) is 6.58 Å². The summed E-state index contributed by atoms with van der Waals surface area (Å²) in [6.07, 6.45) is -0.0367. The number of nitrogens with two attached hydrogens (primary N) is 1. The number of nitrogens with zero attached hydrogens (tertiary/aromatic N) is 2. The van der Waals surface area contributed by atoms with Crippen molar-refractivity contribution >= 4 is 11.7 Å². The molecule has 1 aliphatic heterocycles. The summed E-state index contributed by atoms with van der Waals surface area (Å²) in [5.41, 5.74) is 1.87. The van der Waals surface area contributed by atoms with Crippen molar-refractivity contribution in [3.05, 3.63) is 65.9 Å². The van der Waals surface area contributed by atoms with Crippen LogP contribution in [-0.2, 0) is 4.74 Å². The maximum atomic E-state index is 14.5. The highest BCUT2D eigenvalue weighted by Crippen LogP contribution is 2.33. The van der Waals surface area contributed by atoms with E-state index in [9.17, 15) is 26.7 Å². The molecule has 2 rings (SSSR count). The first-order valence-corrected chi connectivity index (χ1v) is 7.72. The van der Waals surface area contributed by atoms with Crippen LogP contribution in [0.2, 0.25) is 0 Å². The molecule has 0 aromatic carbocycles. The highest BCUT2D eigenvalue weighted by molar-refractivity contribution is 5.94. The van der Waals surface area contributed by atoms with Crippen LogP contribution in [0.25, 0.3) is 0 Å². The van der Waals surface area contributed by atoms with Gasteiger partial charge < -0.3 is 15.8 Å². The van der Waals surface area contributed by atoms with Crippen molar-refractivity contribution in [3.8, 4) is 0 Å². The number of amides is 1. The number of nitrogens with one attached hydrogen (secondary N) is 1. The normalized spacial score (nSPS) is 20.7. The number of hydrogen-bond acceptors (Lipinski definition) is 5. The van der Waals surface area contributed by atoms with Crippen LogP contribution < -0.4 is 11.1 Å². The molecular weight excluding hydrogens is 387 g/mol. The Morgan fingerprint density at radius 2 is 2.11 bits per heavy atom. The van der Waals surface area contributed by atoms with Crippen LogP contribution in [0.4, 0.5) is 22.0 Å². The van der Waals surface area contributed by atoms with E-state index >= 15 is 0 Å². The number of rotatable bonds is 6. The molecule has 0 saturated heterocycles. The Labute approximate surface area is 156 Å². The molecule has 0 saturated carbocycles. The molecule has 1 amide bonds. The van der Waals surface area contributed by atoms with Gasteiger partial charge >= 0.3 is 0 Å². The fraction of sp³-hybridized carbons (Fsp3) is 0.235. The van der Waals surface area contributed by atoms with Gasteiger partial charge in [-0.25, -0.2) is 31.9 Å². The van der Waals surface area contributed by atoms with Gasteiger partial charge in [0.15, 0.2) is 17.1 Å². The molecule has 3 N–H and O–H groups in total. The van der Waals surface area contributed by atoms with Crippen LogP contribution in [0, 0.1) is 11.6 Å². The second-order valence-corrected chi connectivity index (χ2v) is 5.60. The number of pyridine rings is 1. The van der Waals surface area contributed by atoms with Gasteiger partial charge in [0.1, 0.15) is 24.1 Å². The van der Waals surface area contributed by atoms with E-state index < -0.39 is 47.6 Å². The Morgan fingerprint density at radius 1 is 1.39 bits per heavy atom. The van der Waals surface area contributed by atoms with Crippen molar-refractivity contribution in [2.75, 3.05) is 13.2 Å². The highest BCUT2D eigenvalue weighted by atomic mass is 19.3. The summed E-state index contributed by atoms with van der Waals surface area (Å²) in [4.78, 5) is 18.8. The van der Waals surface area contributed by atoms with Gasteiger partial charge in [-0.15, -0.1) is 0 Å².